The zero-order valence-electron chi connectivity index (χ0n) is 12.5. The summed E-state index contributed by atoms with van der Waals surface area (Å²) in [5, 5.41) is 3.25. The van der Waals surface area contributed by atoms with E-state index < -0.39 is 0 Å². The van der Waals surface area contributed by atoms with Crippen LogP contribution in [-0.2, 0) is 5.54 Å². The van der Waals surface area contributed by atoms with E-state index in [4.69, 9.17) is 0 Å². The first kappa shape index (κ1) is 14.5. The van der Waals surface area contributed by atoms with Crippen LogP contribution in [0.25, 0.3) is 5.65 Å². The molecule has 1 aliphatic carbocycles. The predicted molar refractivity (Wildman–Crippen MR) is 92.3 cm³/mol. The monoisotopic (exact) mass is 369 g/mol. The summed E-state index contributed by atoms with van der Waals surface area (Å²) < 4.78 is 2.90. The molecule has 0 atom stereocenters. The molecule has 1 aromatic carbocycles. The molecule has 5 heteroatoms. The molecule has 0 aliphatic heterocycles. The molecule has 23 heavy (non-hydrogen) atoms. The van der Waals surface area contributed by atoms with Crippen molar-refractivity contribution in [1.29, 1.82) is 0 Å². The van der Waals surface area contributed by atoms with Crippen molar-refractivity contribution in [1.82, 2.24) is 14.7 Å². The number of fused-ring (bicyclic) bond motifs is 1. The zero-order valence-corrected chi connectivity index (χ0v) is 14.1. The summed E-state index contributed by atoms with van der Waals surface area (Å²) in [6, 6.07) is 11.9. The van der Waals surface area contributed by atoms with Crippen LogP contribution in [0.1, 0.15) is 35.2 Å². The van der Waals surface area contributed by atoms with E-state index in [0.717, 1.165) is 34.9 Å². The number of carbonyl (C=O) groups is 1. The Morgan fingerprint density at radius 3 is 2.87 bits per heavy atom. The summed E-state index contributed by atoms with van der Waals surface area (Å²) in [5.41, 5.74) is 2.41. The molecule has 0 bridgehead atoms. The Balaban J connectivity index is 1.63. The molecule has 2 aromatic heterocycles. The maximum atomic E-state index is 12.7. The van der Waals surface area contributed by atoms with Gasteiger partial charge in [0.25, 0.3) is 5.91 Å². The fourth-order valence-electron chi connectivity index (χ4n) is 3.15. The highest BCUT2D eigenvalue weighted by Gasteiger charge is 2.40. The second-order valence-electron chi connectivity index (χ2n) is 6.01. The third-order valence-electron chi connectivity index (χ3n) is 4.59. The van der Waals surface area contributed by atoms with Gasteiger partial charge in [-0.15, -0.1) is 0 Å². The number of halogens is 1. The zero-order chi connectivity index (χ0) is 15.9. The number of pyridine rings is 1. The summed E-state index contributed by atoms with van der Waals surface area (Å²) in [4.78, 5) is 16.9. The van der Waals surface area contributed by atoms with Gasteiger partial charge < -0.3 is 9.72 Å². The van der Waals surface area contributed by atoms with Crippen molar-refractivity contribution < 1.29 is 4.79 Å². The van der Waals surface area contributed by atoms with Crippen LogP contribution in [-0.4, -0.2) is 15.3 Å². The van der Waals surface area contributed by atoms with E-state index in [1.807, 2.05) is 41.1 Å². The van der Waals surface area contributed by atoms with Crippen molar-refractivity contribution in [2.75, 3.05) is 0 Å². The van der Waals surface area contributed by atoms with Crippen LogP contribution < -0.4 is 5.32 Å². The first-order valence-corrected chi connectivity index (χ1v) is 8.47. The fraction of sp³-hybridized carbons (Fsp3) is 0.222. The average molecular weight is 370 g/mol. The Hall–Kier alpha value is -2.14. The Kier molecular flexibility index (Phi) is 3.45. The number of benzene rings is 1. The molecule has 0 unspecified atom stereocenters. The van der Waals surface area contributed by atoms with Gasteiger partial charge in [0.05, 0.1) is 11.1 Å². The molecule has 2 heterocycles. The van der Waals surface area contributed by atoms with E-state index in [1.54, 1.807) is 6.20 Å². The van der Waals surface area contributed by atoms with E-state index in [9.17, 15) is 4.79 Å². The minimum Gasteiger partial charge on any atom is -0.342 e. The Bertz CT molecular complexity index is 883. The number of nitrogens with zero attached hydrogens (tertiary/aromatic N) is 2. The van der Waals surface area contributed by atoms with Crippen molar-refractivity contribution in [2.24, 2.45) is 0 Å². The molecule has 1 amide bonds. The van der Waals surface area contributed by atoms with Gasteiger partial charge in [-0.05, 0) is 49.1 Å². The van der Waals surface area contributed by atoms with E-state index in [1.165, 1.54) is 0 Å². The first-order valence-electron chi connectivity index (χ1n) is 7.68. The SMILES string of the molecule is O=C(NC1(c2cccc(Br)c2)CCC1)c1ccc2nccn2c1. The lowest BCUT2D eigenvalue weighted by molar-refractivity contribution is 0.0823. The number of amides is 1. The van der Waals surface area contributed by atoms with Crippen LogP contribution in [0.4, 0.5) is 0 Å². The van der Waals surface area contributed by atoms with Crippen LogP contribution in [0.3, 0.4) is 0 Å². The third-order valence-corrected chi connectivity index (χ3v) is 5.08. The second-order valence-corrected chi connectivity index (χ2v) is 6.93. The van der Waals surface area contributed by atoms with Crippen LogP contribution in [0.2, 0.25) is 0 Å². The Morgan fingerprint density at radius 2 is 2.13 bits per heavy atom. The number of rotatable bonds is 3. The first-order chi connectivity index (χ1) is 11.2. The van der Waals surface area contributed by atoms with Gasteiger partial charge in [0.15, 0.2) is 0 Å². The molecule has 1 saturated carbocycles. The maximum absolute atomic E-state index is 12.7. The van der Waals surface area contributed by atoms with Crippen molar-refractivity contribution in [2.45, 2.75) is 24.8 Å². The van der Waals surface area contributed by atoms with Crippen molar-refractivity contribution in [3.63, 3.8) is 0 Å². The second kappa shape index (κ2) is 5.49. The molecular weight excluding hydrogens is 354 g/mol. The number of hydrogen-bond acceptors (Lipinski definition) is 2. The minimum absolute atomic E-state index is 0.0414. The number of carbonyl (C=O) groups excluding carboxylic acids is 1. The molecule has 1 fully saturated rings. The molecule has 0 spiro atoms. The maximum Gasteiger partial charge on any atom is 0.253 e. The molecule has 0 radical (unpaired) electrons. The molecule has 4 rings (SSSR count). The smallest absolute Gasteiger partial charge is 0.253 e. The van der Waals surface area contributed by atoms with Crippen molar-refractivity contribution >= 4 is 27.5 Å². The normalized spacial score (nSPS) is 16.0. The van der Waals surface area contributed by atoms with Crippen molar-refractivity contribution in [3.8, 4) is 0 Å². The lowest BCUT2D eigenvalue weighted by atomic mass is 9.71. The number of imidazole rings is 1. The summed E-state index contributed by atoms with van der Waals surface area (Å²) >= 11 is 3.52. The van der Waals surface area contributed by atoms with Crippen LogP contribution in [0.15, 0.2) is 59.5 Å². The van der Waals surface area contributed by atoms with E-state index in [-0.39, 0.29) is 11.4 Å². The van der Waals surface area contributed by atoms with Gasteiger partial charge >= 0.3 is 0 Å². The van der Waals surface area contributed by atoms with Crippen LogP contribution in [0, 0.1) is 0 Å². The summed E-state index contributed by atoms with van der Waals surface area (Å²) in [6.07, 6.45) is 8.48. The van der Waals surface area contributed by atoms with Gasteiger partial charge in [-0.2, -0.15) is 0 Å². The largest absolute Gasteiger partial charge is 0.342 e. The van der Waals surface area contributed by atoms with Gasteiger partial charge in [-0.25, -0.2) is 4.98 Å². The number of hydrogen-bond donors (Lipinski definition) is 1. The average Bonchev–Trinajstić information content (AvgIpc) is 2.98. The highest BCUT2D eigenvalue weighted by Crippen LogP contribution is 2.42. The van der Waals surface area contributed by atoms with Gasteiger partial charge in [-0.3, -0.25) is 4.79 Å². The highest BCUT2D eigenvalue weighted by molar-refractivity contribution is 9.10. The third kappa shape index (κ3) is 2.55. The van der Waals surface area contributed by atoms with E-state index in [2.05, 4.69) is 38.4 Å². The molecule has 1 aliphatic rings. The number of aromatic nitrogens is 2. The molecule has 3 aromatic rings. The van der Waals surface area contributed by atoms with Crippen LogP contribution >= 0.6 is 15.9 Å². The van der Waals surface area contributed by atoms with Gasteiger partial charge in [0.2, 0.25) is 0 Å². The van der Waals surface area contributed by atoms with Crippen LogP contribution in [0.5, 0.6) is 0 Å². The topological polar surface area (TPSA) is 46.4 Å². The minimum atomic E-state index is -0.245. The predicted octanol–water partition coefficient (Wildman–Crippen LogP) is 3.91. The lowest BCUT2D eigenvalue weighted by Crippen LogP contribution is -2.50. The molecule has 0 saturated heterocycles. The van der Waals surface area contributed by atoms with Gasteiger partial charge in [0, 0.05) is 23.1 Å². The summed E-state index contributed by atoms with van der Waals surface area (Å²) in [7, 11) is 0. The molecule has 1 N–H and O–H groups in total. The fourth-order valence-corrected chi connectivity index (χ4v) is 3.55. The Morgan fingerprint density at radius 1 is 1.26 bits per heavy atom. The summed E-state index contributed by atoms with van der Waals surface area (Å²) in [5.74, 6) is -0.0414. The summed E-state index contributed by atoms with van der Waals surface area (Å²) in [6.45, 7) is 0. The van der Waals surface area contributed by atoms with E-state index >= 15 is 0 Å². The number of nitrogens with one attached hydrogen (secondary N) is 1. The van der Waals surface area contributed by atoms with E-state index in [0.29, 0.717) is 5.56 Å². The highest BCUT2D eigenvalue weighted by atomic mass is 79.9. The molecule has 4 nitrogen and oxygen atoms in total. The Labute approximate surface area is 142 Å². The van der Waals surface area contributed by atoms with Crippen molar-refractivity contribution in [3.05, 3.63) is 70.6 Å². The standard InChI is InChI=1S/C18H16BrN3O/c19-15-4-1-3-14(11-15)18(7-2-8-18)21-17(23)13-5-6-16-20-9-10-22(16)12-13/h1,3-6,9-12H,2,7-8H2,(H,21,23). The lowest BCUT2D eigenvalue weighted by Gasteiger charge is -2.43. The molecular formula is C18H16BrN3O. The van der Waals surface area contributed by atoms with Gasteiger partial charge in [-0.1, -0.05) is 28.1 Å². The van der Waals surface area contributed by atoms with Gasteiger partial charge in [0.1, 0.15) is 5.65 Å². The quantitative estimate of drug-likeness (QED) is 0.760. The molecule has 116 valence electrons.